The summed E-state index contributed by atoms with van der Waals surface area (Å²) in [7, 11) is 0. The maximum atomic E-state index is 11.9. The van der Waals surface area contributed by atoms with Gasteiger partial charge in [-0.15, -0.1) is 0 Å². The second-order valence-electron chi connectivity index (χ2n) is 5.04. The van der Waals surface area contributed by atoms with Crippen LogP contribution in [0.3, 0.4) is 0 Å². The van der Waals surface area contributed by atoms with Gasteiger partial charge in [0.15, 0.2) is 6.71 Å². The molecule has 2 rings (SSSR count). The summed E-state index contributed by atoms with van der Waals surface area (Å²) >= 11 is 0. The lowest BCUT2D eigenvalue weighted by atomic mass is 9.41. The molecule has 0 unspecified atom stereocenters. The maximum Gasteiger partial charge on any atom is 0.343 e. The van der Waals surface area contributed by atoms with Gasteiger partial charge in [0, 0.05) is 5.39 Å². The highest BCUT2D eigenvalue weighted by atomic mass is 16.4. The normalized spacial score (nSPS) is 10.7. The van der Waals surface area contributed by atoms with Crippen LogP contribution in [0.2, 0.25) is 12.6 Å². The van der Waals surface area contributed by atoms with Crippen LogP contribution in [-0.2, 0) is 0 Å². The minimum absolute atomic E-state index is 0.304. The number of hydrogen-bond acceptors (Lipinski definition) is 2. The fraction of sp³-hybridized carbons (Fsp3) is 0.312. The van der Waals surface area contributed by atoms with Crippen LogP contribution in [0.5, 0.6) is 0 Å². The fourth-order valence-corrected chi connectivity index (χ4v) is 2.44. The second-order valence-corrected chi connectivity index (χ2v) is 5.04. The molecule has 1 heterocycles. The highest BCUT2D eigenvalue weighted by molar-refractivity contribution is 6.73. The maximum absolute atomic E-state index is 11.9. The van der Waals surface area contributed by atoms with Crippen molar-refractivity contribution in [3.63, 3.8) is 0 Å². The lowest BCUT2D eigenvalue weighted by molar-refractivity contribution is 0.559. The summed E-state index contributed by atoms with van der Waals surface area (Å²) in [6, 6.07) is 8.01. The molecule has 2 nitrogen and oxygen atoms in total. The van der Waals surface area contributed by atoms with Crippen molar-refractivity contribution in [3.8, 4) is 0 Å². The van der Waals surface area contributed by atoms with Gasteiger partial charge in [-0.1, -0.05) is 50.7 Å². The first-order chi connectivity index (χ1) is 9.06. The van der Waals surface area contributed by atoms with Gasteiger partial charge >= 0.3 is 5.63 Å². The zero-order valence-corrected chi connectivity index (χ0v) is 11.8. The Kier molecular flexibility index (Phi) is 3.94. The number of benzene rings is 1. The first-order valence-electron chi connectivity index (χ1n) is 6.80. The van der Waals surface area contributed by atoms with Crippen molar-refractivity contribution in [3.05, 3.63) is 46.8 Å². The molecular formula is C16H19BO2. The fourth-order valence-electron chi connectivity index (χ4n) is 2.44. The van der Waals surface area contributed by atoms with E-state index >= 15 is 0 Å². The highest BCUT2D eigenvalue weighted by Crippen LogP contribution is 2.16. The molecule has 0 bridgehead atoms. The first kappa shape index (κ1) is 13.7. The number of rotatable bonds is 4. The molecule has 1 aromatic heterocycles. The molecule has 1 aromatic carbocycles. The number of fused-ring (bicyclic) bond motifs is 1. The van der Waals surface area contributed by atoms with Gasteiger partial charge in [-0.3, -0.25) is 0 Å². The number of allylic oxidation sites excluding steroid dienone is 1. The van der Waals surface area contributed by atoms with Gasteiger partial charge in [0.25, 0.3) is 0 Å². The van der Waals surface area contributed by atoms with Gasteiger partial charge in [-0.05, 0) is 24.6 Å². The Hall–Kier alpha value is -1.77. The van der Waals surface area contributed by atoms with E-state index in [0.717, 1.165) is 23.6 Å². The lowest BCUT2D eigenvalue weighted by Gasteiger charge is -2.10. The Labute approximate surface area is 114 Å². The molecule has 98 valence electrons. The molecular weight excluding hydrogens is 235 g/mol. The van der Waals surface area contributed by atoms with Gasteiger partial charge in [0.05, 0.1) is 5.56 Å². The van der Waals surface area contributed by atoms with Crippen LogP contribution in [-0.4, -0.2) is 6.71 Å². The van der Waals surface area contributed by atoms with Crippen molar-refractivity contribution >= 4 is 28.7 Å². The van der Waals surface area contributed by atoms with Crippen LogP contribution in [0.4, 0.5) is 0 Å². The predicted molar refractivity (Wildman–Crippen MR) is 83.5 cm³/mol. The van der Waals surface area contributed by atoms with Crippen molar-refractivity contribution in [2.24, 2.45) is 0 Å². The predicted octanol–water partition coefficient (Wildman–Crippen LogP) is 3.57. The van der Waals surface area contributed by atoms with E-state index in [2.05, 4.69) is 26.5 Å². The molecule has 19 heavy (non-hydrogen) atoms. The Morgan fingerprint density at radius 3 is 2.53 bits per heavy atom. The molecule has 0 aliphatic rings. The third kappa shape index (κ3) is 2.65. The molecule has 0 aliphatic carbocycles. The van der Waals surface area contributed by atoms with Crippen LogP contribution in [0.1, 0.15) is 26.3 Å². The van der Waals surface area contributed by atoms with E-state index in [4.69, 9.17) is 4.42 Å². The highest BCUT2D eigenvalue weighted by Gasteiger charge is 2.13. The summed E-state index contributed by atoms with van der Waals surface area (Å²) in [5.41, 5.74) is 2.90. The molecule has 0 saturated heterocycles. The van der Waals surface area contributed by atoms with Gasteiger partial charge < -0.3 is 4.42 Å². The summed E-state index contributed by atoms with van der Waals surface area (Å²) in [6.45, 7) is 10.5. The Bertz CT molecular complexity index is 666. The summed E-state index contributed by atoms with van der Waals surface area (Å²) < 4.78 is 5.42. The minimum Gasteiger partial charge on any atom is -0.422 e. The van der Waals surface area contributed by atoms with Crippen molar-refractivity contribution in [2.45, 2.75) is 33.4 Å². The summed E-state index contributed by atoms with van der Waals surface area (Å²) in [5.74, 6) is 0. The minimum atomic E-state index is -0.304. The van der Waals surface area contributed by atoms with E-state index < -0.39 is 0 Å². The Morgan fingerprint density at radius 2 is 1.95 bits per heavy atom. The average Bonchev–Trinajstić information content (AvgIpc) is 2.38. The summed E-state index contributed by atoms with van der Waals surface area (Å²) in [5, 5.41) is 0.951. The smallest absolute Gasteiger partial charge is 0.343 e. The zero-order chi connectivity index (χ0) is 14.0. The molecule has 0 fully saturated rings. The van der Waals surface area contributed by atoms with Crippen LogP contribution >= 0.6 is 0 Å². The molecule has 2 aromatic rings. The van der Waals surface area contributed by atoms with Crippen LogP contribution in [0.25, 0.3) is 16.5 Å². The van der Waals surface area contributed by atoms with E-state index in [1.54, 1.807) is 0 Å². The summed E-state index contributed by atoms with van der Waals surface area (Å²) in [6.07, 6.45) is 2.19. The monoisotopic (exact) mass is 254 g/mol. The average molecular weight is 254 g/mol. The molecule has 0 N–H and O–H groups in total. The SMILES string of the molecule is C=C(C)c1cc2ccc(B(CC)CC)cc2oc1=O. The van der Waals surface area contributed by atoms with Crippen molar-refractivity contribution in [1.82, 2.24) is 0 Å². The van der Waals surface area contributed by atoms with Crippen molar-refractivity contribution in [2.75, 3.05) is 0 Å². The quantitative estimate of drug-likeness (QED) is 0.616. The van der Waals surface area contributed by atoms with E-state index in [-0.39, 0.29) is 5.63 Å². The third-order valence-corrected chi connectivity index (χ3v) is 3.68. The van der Waals surface area contributed by atoms with E-state index in [1.165, 1.54) is 5.46 Å². The molecule has 0 radical (unpaired) electrons. The van der Waals surface area contributed by atoms with Crippen molar-refractivity contribution in [1.29, 1.82) is 0 Å². The standard InChI is InChI=1S/C16H19BO2/c1-5-17(6-2)13-8-7-12-9-14(11(3)4)16(18)19-15(12)10-13/h7-10H,3,5-6H2,1-2,4H3. The van der Waals surface area contributed by atoms with Gasteiger partial charge in [0.2, 0.25) is 0 Å². The van der Waals surface area contributed by atoms with Gasteiger partial charge in [-0.2, -0.15) is 0 Å². The number of hydrogen-bond donors (Lipinski definition) is 0. The molecule has 0 atom stereocenters. The molecule has 0 spiro atoms. The third-order valence-electron chi connectivity index (χ3n) is 3.68. The first-order valence-corrected chi connectivity index (χ1v) is 6.80. The van der Waals surface area contributed by atoms with Crippen LogP contribution < -0.4 is 11.1 Å². The van der Waals surface area contributed by atoms with Crippen molar-refractivity contribution < 1.29 is 4.42 Å². The van der Waals surface area contributed by atoms with Gasteiger partial charge in [-0.25, -0.2) is 4.79 Å². The zero-order valence-electron chi connectivity index (χ0n) is 11.8. The van der Waals surface area contributed by atoms with E-state index in [1.807, 2.05) is 25.1 Å². The molecule has 0 aliphatic heterocycles. The largest absolute Gasteiger partial charge is 0.422 e. The van der Waals surface area contributed by atoms with Crippen LogP contribution in [0.15, 0.2) is 40.1 Å². The summed E-state index contributed by atoms with van der Waals surface area (Å²) in [4.78, 5) is 11.9. The Balaban J connectivity index is 2.59. The van der Waals surface area contributed by atoms with Crippen LogP contribution in [0, 0.1) is 0 Å². The molecule has 0 saturated carbocycles. The van der Waals surface area contributed by atoms with E-state index in [9.17, 15) is 4.79 Å². The van der Waals surface area contributed by atoms with E-state index in [0.29, 0.717) is 17.9 Å². The molecule has 0 amide bonds. The topological polar surface area (TPSA) is 30.2 Å². The van der Waals surface area contributed by atoms with Gasteiger partial charge in [0.1, 0.15) is 5.58 Å². The lowest BCUT2D eigenvalue weighted by Crippen LogP contribution is -2.27. The Morgan fingerprint density at radius 1 is 1.26 bits per heavy atom. The molecule has 3 heteroatoms. The second kappa shape index (κ2) is 5.47.